The van der Waals surface area contributed by atoms with Crippen LogP contribution in [0.2, 0.25) is 0 Å². The van der Waals surface area contributed by atoms with Crippen LogP contribution in [-0.4, -0.2) is 18.9 Å². The molecule has 1 rings (SSSR count). The van der Waals surface area contributed by atoms with Crippen LogP contribution in [0.25, 0.3) is 0 Å². The lowest BCUT2D eigenvalue weighted by Crippen LogP contribution is -2.09. The van der Waals surface area contributed by atoms with Crippen molar-refractivity contribution >= 4 is 12.3 Å². The number of carbonyl (C=O) groups is 2. The second-order valence-corrected chi connectivity index (χ2v) is 4.22. The average molecular weight is 212 g/mol. The summed E-state index contributed by atoms with van der Waals surface area (Å²) in [6.07, 6.45) is 7.32. The van der Waals surface area contributed by atoms with E-state index in [1.165, 1.54) is 19.3 Å². The Hall–Kier alpha value is -0.860. The highest BCUT2D eigenvalue weighted by molar-refractivity contribution is 5.81. The van der Waals surface area contributed by atoms with E-state index in [1.54, 1.807) is 0 Å². The molecule has 15 heavy (non-hydrogen) atoms. The molecule has 1 fully saturated rings. The molecule has 0 spiro atoms. The molecule has 0 bridgehead atoms. The van der Waals surface area contributed by atoms with Gasteiger partial charge in [0.05, 0.1) is 12.5 Å². The van der Waals surface area contributed by atoms with E-state index < -0.39 is 0 Å². The fourth-order valence-corrected chi connectivity index (χ4v) is 1.62. The third kappa shape index (κ3) is 4.45. The highest BCUT2D eigenvalue weighted by atomic mass is 16.5. The van der Waals surface area contributed by atoms with Gasteiger partial charge >= 0.3 is 5.97 Å². The summed E-state index contributed by atoms with van der Waals surface area (Å²) in [4.78, 5) is 21.6. The smallest absolute Gasteiger partial charge is 0.309 e. The van der Waals surface area contributed by atoms with Crippen molar-refractivity contribution in [3.8, 4) is 0 Å². The number of rotatable bonds is 8. The molecule has 1 saturated carbocycles. The number of hydrogen-bond donors (Lipinski definition) is 0. The van der Waals surface area contributed by atoms with Crippen molar-refractivity contribution in [2.75, 3.05) is 6.61 Å². The summed E-state index contributed by atoms with van der Waals surface area (Å²) in [6, 6.07) is 0. The Labute approximate surface area is 91.2 Å². The predicted molar refractivity (Wildman–Crippen MR) is 57.4 cm³/mol. The number of unbranched alkanes of at least 4 members (excludes halogenated alkanes) is 4. The van der Waals surface area contributed by atoms with Crippen LogP contribution in [0.5, 0.6) is 0 Å². The summed E-state index contributed by atoms with van der Waals surface area (Å²) >= 11 is 0. The zero-order valence-corrected chi connectivity index (χ0v) is 9.41. The van der Waals surface area contributed by atoms with Crippen LogP contribution >= 0.6 is 0 Å². The van der Waals surface area contributed by atoms with Gasteiger partial charge in [0, 0.05) is 5.92 Å². The predicted octanol–water partition coefficient (Wildman–Crippen LogP) is 2.33. The number of aldehydes is 1. The molecule has 2 unspecified atom stereocenters. The van der Waals surface area contributed by atoms with Gasteiger partial charge in [-0.05, 0) is 12.8 Å². The van der Waals surface area contributed by atoms with E-state index in [1.807, 2.05) is 0 Å². The molecule has 86 valence electrons. The van der Waals surface area contributed by atoms with Gasteiger partial charge in [-0.2, -0.15) is 0 Å². The number of ether oxygens (including phenoxy) is 1. The van der Waals surface area contributed by atoms with Crippen LogP contribution in [0.4, 0.5) is 0 Å². The molecule has 1 aliphatic carbocycles. The van der Waals surface area contributed by atoms with Gasteiger partial charge in [-0.15, -0.1) is 0 Å². The molecule has 0 aliphatic heterocycles. The molecule has 0 aromatic rings. The Balaban J connectivity index is 1.92. The van der Waals surface area contributed by atoms with Crippen molar-refractivity contribution in [1.29, 1.82) is 0 Å². The van der Waals surface area contributed by atoms with E-state index in [0.29, 0.717) is 13.0 Å². The minimum absolute atomic E-state index is 0.0578. The standard InChI is InChI=1S/C12H20O3/c1-2-3-4-5-6-7-15-12(14)11-8-10(11)9-13/h9-11H,2-8H2,1H3. The molecule has 0 heterocycles. The van der Waals surface area contributed by atoms with E-state index in [9.17, 15) is 9.59 Å². The maximum absolute atomic E-state index is 11.3. The number of hydrogen-bond acceptors (Lipinski definition) is 3. The Morgan fingerprint density at radius 3 is 2.67 bits per heavy atom. The molecule has 2 atom stereocenters. The first-order chi connectivity index (χ1) is 7.29. The van der Waals surface area contributed by atoms with Gasteiger partial charge in [0.2, 0.25) is 0 Å². The van der Waals surface area contributed by atoms with Gasteiger partial charge < -0.3 is 9.53 Å². The van der Waals surface area contributed by atoms with E-state index in [-0.39, 0.29) is 17.8 Å². The lowest BCUT2D eigenvalue weighted by atomic mass is 10.2. The summed E-state index contributed by atoms with van der Waals surface area (Å²) in [6.45, 7) is 2.69. The van der Waals surface area contributed by atoms with Gasteiger partial charge in [0.25, 0.3) is 0 Å². The van der Waals surface area contributed by atoms with Crippen LogP contribution in [-0.2, 0) is 14.3 Å². The molecule has 1 aliphatic rings. The summed E-state index contributed by atoms with van der Waals surface area (Å²) < 4.78 is 5.08. The molecular formula is C12H20O3. The molecular weight excluding hydrogens is 192 g/mol. The summed E-state index contributed by atoms with van der Waals surface area (Å²) in [5, 5.41) is 0. The van der Waals surface area contributed by atoms with Crippen LogP contribution in [0.3, 0.4) is 0 Å². The second-order valence-electron chi connectivity index (χ2n) is 4.22. The SMILES string of the molecule is CCCCCCCOC(=O)C1CC1C=O. The fourth-order valence-electron chi connectivity index (χ4n) is 1.62. The third-order valence-corrected chi connectivity index (χ3v) is 2.81. The van der Waals surface area contributed by atoms with Crippen molar-refractivity contribution in [3.05, 3.63) is 0 Å². The van der Waals surface area contributed by atoms with E-state index in [0.717, 1.165) is 19.1 Å². The van der Waals surface area contributed by atoms with Crippen LogP contribution < -0.4 is 0 Å². The lowest BCUT2D eigenvalue weighted by Gasteiger charge is -2.03. The van der Waals surface area contributed by atoms with Gasteiger partial charge in [-0.3, -0.25) is 4.79 Å². The van der Waals surface area contributed by atoms with Crippen molar-refractivity contribution in [3.63, 3.8) is 0 Å². The van der Waals surface area contributed by atoms with E-state index >= 15 is 0 Å². The van der Waals surface area contributed by atoms with Crippen LogP contribution in [0.15, 0.2) is 0 Å². The first-order valence-corrected chi connectivity index (χ1v) is 5.91. The van der Waals surface area contributed by atoms with Gasteiger partial charge in [0.1, 0.15) is 6.29 Å². The van der Waals surface area contributed by atoms with Gasteiger partial charge in [-0.1, -0.05) is 32.6 Å². The minimum Gasteiger partial charge on any atom is -0.465 e. The molecule has 0 aromatic carbocycles. The second kappa shape index (κ2) is 6.59. The average Bonchev–Trinajstić information content (AvgIpc) is 3.02. The first-order valence-electron chi connectivity index (χ1n) is 5.91. The van der Waals surface area contributed by atoms with Crippen molar-refractivity contribution in [2.45, 2.75) is 45.4 Å². The van der Waals surface area contributed by atoms with Crippen LogP contribution in [0.1, 0.15) is 45.4 Å². The quantitative estimate of drug-likeness (QED) is 0.352. The highest BCUT2D eigenvalue weighted by Gasteiger charge is 2.44. The maximum atomic E-state index is 11.3. The van der Waals surface area contributed by atoms with Gasteiger partial charge in [0.15, 0.2) is 0 Å². The first kappa shape index (κ1) is 12.2. The molecule has 3 nitrogen and oxygen atoms in total. The van der Waals surface area contributed by atoms with E-state index in [2.05, 4.69) is 6.92 Å². The van der Waals surface area contributed by atoms with Gasteiger partial charge in [-0.25, -0.2) is 0 Å². The van der Waals surface area contributed by atoms with E-state index in [4.69, 9.17) is 4.74 Å². The number of esters is 1. The van der Waals surface area contributed by atoms with Crippen LogP contribution in [0, 0.1) is 11.8 Å². The fraction of sp³-hybridized carbons (Fsp3) is 0.833. The van der Waals surface area contributed by atoms with Crippen molar-refractivity contribution in [1.82, 2.24) is 0 Å². The summed E-state index contributed by atoms with van der Waals surface area (Å²) in [5.74, 6) is -0.363. The Morgan fingerprint density at radius 2 is 2.07 bits per heavy atom. The third-order valence-electron chi connectivity index (χ3n) is 2.81. The topological polar surface area (TPSA) is 43.4 Å². The normalized spacial score (nSPS) is 23.5. The molecule has 0 radical (unpaired) electrons. The Morgan fingerprint density at radius 1 is 1.33 bits per heavy atom. The zero-order valence-electron chi connectivity index (χ0n) is 9.41. The summed E-state index contributed by atoms with van der Waals surface area (Å²) in [7, 11) is 0. The zero-order chi connectivity index (χ0) is 11.1. The molecule has 0 amide bonds. The minimum atomic E-state index is -0.178. The summed E-state index contributed by atoms with van der Waals surface area (Å²) in [5.41, 5.74) is 0. The highest BCUT2D eigenvalue weighted by Crippen LogP contribution is 2.37. The number of carbonyl (C=O) groups excluding carboxylic acids is 2. The lowest BCUT2D eigenvalue weighted by molar-refractivity contribution is -0.146. The molecule has 0 N–H and O–H groups in total. The maximum Gasteiger partial charge on any atom is 0.309 e. The monoisotopic (exact) mass is 212 g/mol. The van der Waals surface area contributed by atoms with Crippen molar-refractivity contribution < 1.29 is 14.3 Å². The van der Waals surface area contributed by atoms with Crippen molar-refractivity contribution in [2.24, 2.45) is 11.8 Å². The molecule has 0 aromatic heterocycles. The molecule has 3 heteroatoms. The Bertz CT molecular complexity index is 213. The largest absolute Gasteiger partial charge is 0.465 e. The molecule has 0 saturated heterocycles. The Kier molecular flexibility index (Phi) is 5.37.